The highest BCUT2D eigenvalue weighted by molar-refractivity contribution is 7.99. The van der Waals surface area contributed by atoms with Crippen molar-refractivity contribution in [1.82, 2.24) is 10.2 Å². The minimum Gasteiger partial charge on any atom is -0.342 e. The van der Waals surface area contributed by atoms with E-state index in [9.17, 15) is 4.79 Å². The van der Waals surface area contributed by atoms with Crippen LogP contribution in [0.15, 0.2) is 0 Å². The van der Waals surface area contributed by atoms with E-state index in [1.807, 2.05) is 23.7 Å². The molecule has 0 aromatic rings. The van der Waals surface area contributed by atoms with E-state index in [4.69, 9.17) is 0 Å². The minimum atomic E-state index is 0.254. The van der Waals surface area contributed by atoms with Gasteiger partial charge in [0.25, 0.3) is 0 Å². The number of nitrogens with one attached hydrogen (secondary N) is 1. The molecule has 4 heteroatoms. The van der Waals surface area contributed by atoms with E-state index >= 15 is 0 Å². The van der Waals surface area contributed by atoms with Crippen molar-refractivity contribution in [2.45, 2.75) is 31.3 Å². The molecule has 0 bridgehead atoms. The zero-order valence-electron chi connectivity index (χ0n) is 8.66. The maximum Gasteiger partial charge on any atom is 0.236 e. The Labute approximate surface area is 89.6 Å². The first-order chi connectivity index (χ1) is 6.77. The predicted molar refractivity (Wildman–Crippen MR) is 59.5 cm³/mol. The monoisotopic (exact) mass is 214 g/mol. The average molecular weight is 214 g/mol. The molecule has 1 N–H and O–H groups in total. The highest BCUT2D eigenvalue weighted by Gasteiger charge is 2.29. The van der Waals surface area contributed by atoms with Crippen LogP contribution in [0.5, 0.6) is 0 Å². The first-order valence-electron chi connectivity index (χ1n) is 5.34. The molecule has 2 aliphatic rings. The predicted octanol–water partition coefficient (Wildman–Crippen LogP) is 0.702. The van der Waals surface area contributed by atoms with Crippen LogP contribution >= 0.6 is 11.8 Å². The van der Waals surface area contributed by atoms with Gasteiger partial charge in [0, 0.05) is 24.9 Å². The van der Waals surface area contributed by atoms with Gasteiger partial charge >= 0.3 is 0 Å². The summed E-state index contributed by atoms with van der Waals surface area (Å²) < 4.78 is 0. The van der Waals surface area contributed by atoms with Crippen molar-refractivity contribution in [2.24, 2.45) is 0 Å². The molecule has 3 nitrogen and oxygen atoms in total. The van der Waals surface area contributed by atoms with Gasteiger partial charge < -0.3 is 10.2 Å². The molecule has 2 fully saturated rings. The zero-order valence-corrected chi connectivity index (χ0v) is 9.48. The largest absolute Gasteiger partial charge is 0.342 e. The third kappa shape index (κ3) is 2.64. The Balaban J connectivity index is 1.65. The van der Waals surface area contributed by atoms with Crippen molar-refractivity contribution in [2.75, 3.05) is 25.1 Å². The second-order valence-electron chi connectivity index (χ2n) is 4.18. The number of hydrogen-bond donors (Lipinski definition) is 1. The molecule has 80 valence electrons. The van der Waals surface area contributed by atoms with Crippen LogP contribution in [0.1, 0.15) is 19.3 Å². The fourth-order valence-electron chi connectivity index (χ4n) is 1.72. The van der Waals surface area contributed by atoms with Crippen molar-refractivity contribution < 1.29 is 4.79 Å². The summed E-state index contributed by atoms with van der Waals surface area (Å²) in [7, 11) is 1.92. The molecule has 0 radical (unpaired) electrons. The molecule has 1 aliphatic carbocycles. The van der Waals surface area contributed by atoms with Gasteiger partial charge in [0.05, 0.1) is 6.54 Å². The Hall–Kier alpha value is -0.220. The smallest absolute Gasteiger partial charge is 0.236 e. The van der Waals surface area contributed by atoms with Crippen LogP contribution in [0.4, 0.5) is 0 Å². The first-order valence-corrected chi connectivity index (χ1v) is 6.49. The lowest BCUT2D eigenvalue weighted by Crippen LogP contribution is -2.40. The molecule has 0 aromatic carbocycles. The lowest BCUT2D eigenvalue weighted by molar-refractivity contribution is -0.129. The molecule has 14 heavy (non-hydrogen) atoms. The molecular formula is C10H18N2OS. The molecule has 0 aromatic heterocycles. The summed E-state index contributed by atoms with van der Waals surface area (Å²) in [4.78, 5) is 13.5. The summed E-state index contributed by atoms with van der Waals surface area (Å²) in [6, 6.07) is 1.11. The van der Waals surface area contributed by atoms with Crippen molar-refractivity contribution in [3.63, 3.8) is 0 Å². The SMILES string of the molecule is CN(C(=O)CNC1CCSC1)C1CC1. The standard InChI is InChI=1S/C10H18N2OS/c1-12(9-2-3-9)10(13)6-11-8-4-5-14-7-8/h8-9,11H,2-7H2,1H3. The normalized spacial score (nSPS) is 26.5. The summed E-state index contributed by atoms with van der Waals surface area (Å²) in [5.41, 5.74) is 0. The number of carbonyl (C=O) groups is 1. The number of thioether (sulfide) groups is 1. The number of likely N-dealkylation sites (N-methyl/N-ethyl adjacent to an activating group) is 1. The summed E-state index contributed by atoms with van der Waals surface area (Å²) in [5, 5.41) is 3.33. The third-order valence-electron chi connectivity index (χ3n) is 2.96. The van der Waals surface area contributed by atoms with Crippen LogP contribution in [0.2, 0.25) is 0 Å². The van der Waals surface area contributed by atoms with Gasteiger partial charge in [-0.2, -0.15) is 11.8 Å². The fourth-order valence-corrected chi connectivity index (χ4v) is 2.90. The van der Waals surface area contributed by atoms with E-state index < -0.39 is 0 Å². The Morgan fingerprint density at radius 2 is 2.29 bits per heavy atom. The van der Waals surface area contributed by atoms with Crippen molar-refractivity contribution in [1.29, 1.82) is 0 Å². The molecule has 1 amide bonds. The maximum atomic E-state index is 11.6. The van der Waals surface area contributed by atoms with E-state index in [-0.39, 0.29) is 5.91 Å². The highest BCUT2D eigenvalue weighted by atomic mass is 32.2. The topological polar surface area (TPSA) is 32.3 Å². The zero-order chi connectivity index (χ0) is 9.97. The summed E-state index contributed by atoms with van der Waals surface area (Å²) in [5.74, 6) is 2.66. The molecular weight excluding hydrogens is 196 g/mol. The second kappa shape index (κ2) is 4.53. The van der Waals surface area contributed by atoms with Crippen molar-refractivity contribution >= 4 is 17.7 Å². The van der Waals surface area contributed by atoms with Gasteiger partial charge in [-0.15, -0.1) is 0 Å². The van der Waals surface area contributed by atoms with Gasteiger partial charge in [-0.1, -0.05) is 0 Å². The molecule has 2 rings (SSSR count). The molecule has 1 heterocycles. The molecule has 1 unspecified atom stereocenters. The Morgan fingerprint density at radius 1 is 1.50 bits per heavy atom. The first kappa shape index (κ1) is 10.3. The quantitative estimate of drug-likeness (QED) is 0.748. The molecule has 1 aliphatic heterocycles. The molecule has 1 atom stereocenters. The molecule has 1 saturated carbocycles. The second-order valence-corrected chi connectivity index (χ2v) is 5.33. The summed E-state index contributed by atoms with van der Waals surface area (Å²) in [6.07, 6.45) is 3.61. The van der Waals surface area contributed by atoms with Crippen molar-refractivity contribution in [3.8, 4) is 0 Å². The van der Waals surface area contributed by atoms with E-state index in [2.05, 4.69) is 5.32 Å². The Bertz CT molecular complexity index is 212. The van der Waals surface area contributed by atoms with E-state index in [0.717, 1.165) is 0 Å². The number of rotatable bonds is 4. The van der Waals surface area contributed by atoms with Gasteiger partial charge in [-0.25, -0.2) is 0 Å². The number of carbonyl (C=O) groups excluding carboxylic acids is 1. The third-order valence-corrected chi connectivity index (χ3v) is 4.12. The van der Waals surface area contributed by atoms with Crippen LogP contribution in [-0.4, -0.2) is 48.0 Å². The molecule has 1 saturated heterocycles. The van der Waals surface area contributed by atoms with Crippen LogP contribution in [-0.2, 0) is 4.79 Å². The van der Waals surface area contributed by atoms with E-state index in [0.29, 0.717) is 18.6 Å². The lowest BCUT2D eigenvalue weighted by atomic mass is 10.2. The van der Waals surface area contributed by atoms with E-state index in [1.165, 1.54) is 30.8 Å². The van der Waals surface area contributed by atoms with Crippen LogP contribution in [0, 0.1) is 0 Å². The summed E-state index contributed by atoms with van der Waals surface area (Å²) in [6.45, 7) is 0.526. The van der Waals surface area contributed by atoms with Crippen molar-refractivity contribution in [3.05, 3.63) is 0 Å². The van der Waals surface area contributed by atoms with E-state index in [1.54, 1.807) is 0 Å². The van der Waals surface area contributed by atoms with Gasteiger partial charge in [0.15, 0.2) is 0 Å². The average Bonchev–Trinajstić information content (AvgIpc) is 2.91. The number of nitrogens with zero attached hydrogens (tertiary/aromatic N) is 1. The van der Waals surface area contributed by atoms with Gasteiger partial charge in [0.2, 0.25) is 5.91 Å². The number of amides is 1. The molecule has 0 spiro atoms. The van der Waals surface area contributed by atoms with Crippen LogP contribution in [0.3, 0.4) is 0 Å². The maximum absolute atomic E-state index is 11.6. The van der Waals surface area contributed by atoms with Gasteiger partial charge in [0.1, 0.15) is 0 Å². The van der Waals surface area contributed by atoms with Crippen LogP contribution < -0.4 is 5.32 Å². The van der Waals surface area contributed by atoms with Crippen LogP contribution in [0.25, 0.3) is 0 Å². The summed E-state index contributed by atoms with van der Waals surface area (Å²) >= 11 is 1.97. The Morgan fingerprint density at radius 3 is 2.86 bits per heavy atom. The van der Waals surface area contributed by atoms with Gasteiger partial charge in [-0.3, -0.25) is 4.79 Å². The highest BCUT2D eigenvalue weighted by Crippen LogP contribution is 2.25. The fraction of sp³-hybridized carbons (Fsp3) is 0.900. The van der Waals surface area contributed by atoms with Gasteiger partial charge in [-0.05, 0) is 25.0 Å². The number of hydrogen-bond acceptors (Lipinski definition) is 3. The minimum absolute atomic E-state index is 0.254. The lowest BCUT2D eigenvalue weighted by Gasteiger charge is -2.18. The Kier molecular flexibility index (Phi) is 3.34.